The van der Waals surface area contributed by atoms with Gasteiger partial charge in [0.25, 0.3) is 0 Å². The summed E-state index contributed by atoms with van der Waals surface area (Å²) in [6, 6.07) is 2.52. The molecule has 1 saturated heterocycles. The standard InChI is InChI=1S/C14H21FN2O3S/c1-17-8-9(7-16)4-12(17)10-5-11(15)14(21(3,18)19)6-13(10)20-2/h5-6,9,12H,4,7-8,16H2,1-3H3. The highest BCUT2D eigenvalue weighted by atomic mass is 32.2. The topological polar surface area (TPSA) is 72.6 Å². The zero-order valence-electron chi connectivity index (χ0n) is 12.5. The summed E-state index contributed by atoms with van der Waals surface area (Å²) < 4.78 is 42.6. The quantitative estimate of drug-likeness (QED) is 0.903. The molecule has 0 amide bonds. The lowest BCUT2D eigenvalue weighted by Gasteiger charge is -2.22. The number of ether oxygens (including phenoxy) is 1. The van der Waals surface area contributed by atoms with E-state index in [2.05, 4.69) is 4.90 Å². The third kappa shape index (κ3) is 3.20. The van der Waals surface area contributed by atoms with Crippen LogP contribution in [0.2, 0.25) is 0 Å². The SMILES string of the molecule is COc1cc(S(C)(=O)=O)c(F)cc1C1CC(CN)CN1C. The van der Waals surface area contributed by atoms with Gasteiger partial charge >= 0.3 is 0 Å². The molecule has 1 heterocycles. The smallest absolute Gasteiger partial charge is 0.178 e. The van der Waals surface area contributed by atoms with Crippen molar-refractivity contribution < 1.29 is 17.5 Å². The summed E-state index contributed by atoms with van der Waals surface area (Å²) in [6.07, 6.45) is 1.79. The van der Waals surface area contributed by atoms with E-state index in [-0.39, 0.29) is 10.9 Å². The Kier molecular flexibility index (Phi) is 4.55. The highest BCUT2D eigenvalue weighted by molar-refractivity contribution is 7.90. The average molecular weight is 316 g/mol. The molecule has 5 nitrogen and oxygen atoms in total. The van der Waals surface area contributed by atoms with E-state index < -0.39 is 15.7 Å². The minimum Gasteiger partial charge on any atom is -0.496 e. The molecule has 0 bridgehead atoms. The molecule has 2 atom stereocenters. The first-order valence-electron chi connectivity index (χ1n) is 6.75. The number of hydrogen-bond acceptors (Lipinski definition) is 5. The number of sulfone groups is 1. The Morgan fingerprint density at radius 3 is 2.62 bits per heavy atom. The second-order valence-electron chi connectivity index (χ2n) is 5.59. The highest BCUT2D eigenvalue weighted by Crippen LogP contribution is 2.39. The van der Waals surface area contributed by atoms with Crippen LogP contribution < -0.4 is 10.5 Å². The molecule has 0 saturated carbocycles. The number of nitrogens with two attached hydrogens (primary N) is 1. The number of halogens is 1. The van der Waals surface area contributed by atoms with Gasteiger partial charge in [-0.1, -0.05) is 0 Å². The summed E-state index contributed by atoms with van der Waals surface area (Å²) in [5.74, 6) is 0.00611. The molecule has 2 unspecified atom stereocenters. The first-order valence-corrected chi connectivity index (χ1v) is 8.64. The van der Waals surface area contributed by atoms with Crippen LogP contribution in [0.3, 0.4) is 0 Å². The zero-order valence-corrected chi connectivity index (χ0v) is 13.3. The Bertz CT molecular complexity index is 633. The molecular formula is C14H21FN2O3S. The largest absolute Gasteiger partial charge is 0.496 e. The number of nitrogens with zero attached hydrogens (tertiary/aromatic N) is 1. The molecule has 0 spiro atoms. The molecule has 2 rings (SSSR count). The molecule has 1 aliphatic rings. The van der Waals surface area contributed by atoms with Crippen molar-refractivity contribution in [1.29, 1.82) is 0 Å². The Morgan fingerprint density at radius 1 is 1.48 bits per heavy atom. The molecule has 0 aromatic heterocycles. The van der Waals surface area contributed by atoms with Crippen molar-refractivity contribution in [3.63, 3.8) is 0 Å². The van der Waals surface area contributed by atoms with Gasteiger partial charge in [-0.05, 0) is 32.0 Å². The fourth-order valence-electron chi connectivity index (χ4n) is 2.91. The van der Waals surface area contributed by atoms with Crippen molar-refractivity contribution >= 4 is 9.84 Å². The number of likely N-dealkylation sites (tertiary alicyclic amines) is 1. The maximum absolute atomic E-state index is 14.1. The molecule has 0 aliphatic carbocycles. The van der Waals surface area contributed by atoms with E-state index in [1.807, 2.05) is 7.05 Å². The normalized spacial score (nSPS) is 23.5. The summed E-state index contributed by atoms with van der Waals surface area (Å²) in [5.41, 5.74) is 6.37. The molecule has 0 radical (unpaired) electrons. The predicted octanol–water partition coefficient (Wildman–Crippen LogP) is 1.19. The number of rotatable bonds is 4. The number of benzene rings is 1. The second kappa shape index (κ2) is 5.90. The average Bonchev–Trinajstić information content (AvgIpc) is 2.78. The van der Waals surface area contributed by atoms with Crippen LogP contribution in [0, 0.1) is 11.7 Å². The van der Waals surface area contributed by atoms with E-state index in [0.717, 1.165) is 19.2 Å². The van der Waals surface area contributed by atoms with E-state index in [0.29, 0.717) is 23.8 Å². The fourth-order valence-corrected chi connectivity index (χ4v) is 3.65. The van der Waals surface area contributed by atoms with E-state index >= 15 is 0 Å². The maximum Gasteiger partial charge on any atom is 0.178 e. The summed E-state index contributed by atoms with van der Waals surface area (Å²) in [6.45, 7) is 1.41. The lowest BCUT2D eigenvalue weighted by Crippen LogP contribution is -2.21. The lowest BCUT2D eigenvalue weighted by molar-refractivity contribution is 0.301. The fraction of sp³-hybridized carbons (Fsp3) is 0.571. The highest BCUT2D eigenvalue weighted by Gasteiger charge is 2.32. The predicted molar refractivity (Wildman–Crippen MR) is 78.6 cm³/mol. The Labute approximate surface area is 124 Å². The molecule has 118 valence electrons. The first kappa shape index (κ1) is 16.2. The van der Waals surface area contributed by atoms with E-state index in [1.165, 1.54) is 19.2 Å². The van der Waals surface area contributed by atoms with Gasteiger partial charge in [-0.2, -0.15) is 0 Å². The van der Waals surface area contributed by atoms with Crippen molar-refractivity contribution in [2.45, 2.75) is 17.4 Å². The van der Waals surface area contributed by atoms with Gasteiger partial charge in [-0.25, -0.2) is 12.8 Å². The van der Waals surface area contributed by atoms with Gasteiger partial charge in [0.2, 0.25) is 0 Å². The summed E-state index contributed by atoms with van der Waals surface area (Å²) >= 11 is 0. The lowest BCUT2D eigenvalue weighted by atomic mass is 9.99. The van der Waals surface area contributed by atoms with Crippen molar-refractivity contribution in [3.8, 4) is 5.75 Å². The Morgan fingerprint density at radius 2 is 2.14 bits per heavy atom. The molecule has 1 fully saturated rings. The third-order valence-corrected chi connectivity index (χ3v) is 5.12. The number of hydrogen-bond donors (Lipinski definition) is 1. The van der Waals surface area contributed by atoms with Gasteiger partial charge in [0.05, 0.1) is 7.11 Å². The van der Waals surface area contributed by atoms with Crippen LogP contribution in [0.1, 0.15) is 18.0 Å². The van der Waals surface area contributed by atoms with Gasteiger partial charge in [0.15, 0.2) is 9.84 Å². The maximum atomic E-state index is 14.1. The molecule has 1 aromatic rings. The van der Waals surface area contributed by atoms with Gasteiger partial charge in [-0.3, -0.25) is 4.90 Å². The Hall–Kier alpha value is -1.18. The zero-order chi connectivity index (χ0) is 15.8. The van der Waals surface area contributed by atoms with Gasteiger partial charge in [0, 0.05) is 30.5 Å². The minimum atomic E-state index is -3.62. The van der Waals surface area contributed by atoms with Crippen LogP contribution in [0.4, 0.5) is 4.39 Å². The second-order valence-corrected chi connectivity index (χ2v) is 7.57. The molecular weight excluding hydrogens is 295 g/mol. The van der Waals surface area contributed by atoms with Gasteiger partial charge in [0.1, 0.15) is 16.5 Å². The van der Waals surface area contributed by atoms with Crippen LogP contribution in [-0.4, -0.2) is 46.8 Å². The van der Waals surface area contributed by atoms with E-state index in [1.54, 1.807) is 0 Å². The molecule has 1 aromatic carbocycles. The van der Waals surface area contributed by atoms with Gasteiger partial charge in [-0.15, -0.1) is 0 Å². The van der Waals surface area contributed by atoms with Crippen LogP contribution in [0.5, 0.6) is 5.75 Å². The minimum absolute atomic E-state index is 0.0170. The third-order valence-electron chi connectivity index (χ3n) is 4.01. The van der Waals surface area contributed by atoms with Crippen LogP contribution in [0.15, 0.2) is 17.0 Å². The van der Waals surface area contributed by atoms with Crippen molar-refractivity contribution in [2.75, 3.05) is 33.5 Å². The summed E-state index contributed by atoms with van der Waals surface area (Å²) in [4.78, 5) is 1.76. The Balaban J connectivity index is 2.48. The number of methoxy groups -OCH3 is 1. The van der Waals surface area contributed by atoms with Crippen molar-refractivity contribution in [2.24, 2.45) is 11.7 Å². The van der Waals surface area contributed by atoms with E-state index in [4.69, 9.17) is 10.5 Å². The first-order chi connectivity index (χ1) is 9.77. The van der Waals surface area contributed by atoms with Crippen molar-refractivity contribution in [3.05, 3.63) is 23.5 Å². The van der Waals surface area contributed by atoms with Crippen molar-refractivity contribution in [1.82, 2.24) is 4.90 Å². The van der Waals surface area contributed by atoms with Gasteiger partial charge < -0.3 is 10.5 Å². The van der Waals surface area contributed by atoms with Crippen LogP contribution in [0.25, 0.3) is 0 Å². The van der Waals surface area contributed by atoms with Crippen LogP contribution >= 0.6 is 0 Å². The monoisotopic (exact) mass is 316 g/mol. The molecule has 2 N–H and O–H groups in total. The summed E-state index contributed by atoms with van der Waals surface area (Å²) in [7, 11) is -0.221. The van der Waals surface area contributed by atoms with Crippen LogP contribution in [-0.2, 0) is 9.84 Å². The van der Waals surface area contributed by atoms with E-state index in [9.17, 15) is 12.8 Å². The molecule has 21 heavy (non-hydrogen) atoms. The molecule has 7 heteroatoms. The summed E-state index contributed by atoms with van der Waals surface area (Å²) in [5, 5.41) is 0. The molecule has 1 aliphatic heterocycles.